The molecule has 1 unspecified atom stereocenters. The lowest BCUT2D eigenvalue weighted by molar-refractivity contribution is -0.141. The summed E-state index contributed by atoms with van der Waals surface area (Å²) in [5.41, 5.74) is 9.14. The Hall–Kier alpha value is -4.70. The maximum atomic E-state index is 11.6. The van der Waals surface area contributed by atoms with E-state index in [-0.39, 0.29) is 24.0 Å². The average molecular weight is 795 g/mol. The molecule has 9 rings (SSSR count). The summed E-state index contributed by atoms with van der Waals surface area (Å²) in [4.78, 5) is 25.5. The van der Waals surface area contributed by atoms with E-state index < -0.39 is 5.97 Å². The van der Waals surface area contributed by atoms with Crippen molar-refractivity contribution < 1.29 is 28.9 Å². The number of carboxylic acid groups (broad SMARTS) is 1. The molecule has 3 aromatic carbocycles. The molecule has 2 aromatic heterocycles. The van der Waals surface area contributed by atoms with Gasteiger partial charge in [-0.05, 0) is 97.0 Å². The monoisotopic (exact) mass is 793 g/mol. The Balaban J connectivity index is 0.983. The third-order valence-electron chi connectivity index (χ3n) is 12.0. The van der Waals surface area contributed by atoms with Crippen LogP contribution in [0.3, 0.4) is 0 Å². The van der Waals surface area contributed by atoms with Gasteiger partial charge in [-0.3, -0.25) is 9.69 Å². The number of aromatic nitrogens is 2. The number of carboxylic acids is 1. The first-order valence-electron chi connectivity index (χ1n) is 19.2. The fraction of sp³-hybridized carbons (Fsp3) is 0.395. The van der Waals surface area contributed by atoms with Gasteiger partial charge in [-0.25, -0.2) is 4.98 Å². The Bertz CT molecular complexity index is 2410. The molecule has 5 aromatic rings. The third-order valence-corrected chi connectivity index (χ3v) is 12.7. The van der Waals surface area contributed by atoms with Gasteiger partial charge in [-0.1, -0.05) is 53.5 Å². The molecular formula is C43H41Cl2N5O6. The number of benzene rings is 3. The van der Waals surface area contributed by atoms with E-state index in [1.165, 1.54) is 0 Å². The highest BCUT2D eigenvalue weighted by atomic mass is 35.5. The van der Waals surface area contributed by atoms with Gasteiger partial charge in [0.05, 0.1) is 29.7 Å². The Kier molecular flexibility index (Phi) is 9.88. The van der Waals surface area contributed by atoms with E-state index in [4.69, 9.17) is 42.1 Å². The molecule has 2 saturated heterocycles. The van der Waals surface area contributed by atoms with Gasteiger partial charge in [0.15, 0.2) is 5.58 Å². The van der Waals surface area contributed by atoms with Crippen molar-refractivity contribution in [3.05, 3.63) is 92.0 Å². The lowest BCUT2D eigenvalue weighted by Gasteiger charge is -2.21. The highest BCUT2D eigenvalue weighted by molar-refractivity contribution is 6.36. The smallest absolute Gasteiger partial charge is 0.307 e. The molecule has 4 heterocycles. The lowest BCUT2D eigenvalue weighted by atomic mass is 9.95. The van der Waals surface area contributed by atoms with Gasteiger partial charge in [0, 0.05) is 43.9 Å². The van der Waals surface area contributed by atoms with Crippen LogP contribution in [0.4, 0.5) is 0 Å². The molecule has 0 bridgehead atoms. The normalized spacial score (nSPS) is 22.1. The van der Waals surface area contributed by atoms with Crippen LogP contribution in [0.1, 0.15) is 71.1 Å². The molecule has 4 atom stereocenters. The van der Waals surface area contributed by atoms with Crippen molar-refractivity contribution in [3.63, 3.8) is 0 Å². The zero-order valence-electron chi connectivity index (χ0n) is 30.9. The van der Waals surface area contributed by atoms with Gasteiger partial charge in [0.2, 0.25) is 17.7 Å². The number of oxazole rings is 1. The summed E-state index contributed by atoms with van der Waals surface area (Å²) in [6, 6.07) is 18.2. The summed E-state index contributed by atoms with van der Waals surface area (Å²) >= 11 is 14.0. The number of aliphatic carboxylic acids is 1. The van der Waals surface area contributed by atoms with Crippen molar-refractivity contribution in [2.24, 2.45) is 5.92 Å². The summed E-state index contributed by atoms with van der Waals surface area (Å²) in [6.45, 7) is 4.05. The molecule has 0 spiro atoms. The van der Waals surface area contributed by atoms with Crippen LogP contribution in [0.15, 0.2) is 52.9 Å². The van der Waals surface area contributed by atoms with Crippen molar-refractivity contribution in [3.8, 4) is 40.4 Å². The van der Waals surface area contributed by atoms with Crippen LogP contribution in [0.2, 0.25) is 10.0 Å². The number of fused-ring (bicyclic) bond motifs is 3. The number of halogens is 2. The predicted octanol–water partition coefficient (Wildman–Crippen LogP) is 7.81. The number of hydrogen-bond acceptors (Lipinski definition) is 10. The minimum atomic E-state index is -0.737. The van der Waals surface area contributed by atoms with Crippen LogP contribution in [0, 0.1) is 17.2 Å². The molecule has 288 valence electrons. The maximum Gasteiger partial charge on any atom is 0.307 e. The van der Waals surface area contributed by atoms with Crippen molar-refractivity contribution in [1.29, 1.82) is 5.26 Å². The summed E-state index contributed by atoms with van der Waals surface area (Å²) in [7, 11) is 1.58. The second-order valence-electron chi connectivity index (χ2n) is 15.4. The fourth-order valence-electron chi connectivity index (χ4n) is 9.26. The van der Waals surface area contributed by atoms with E-state index in [1.807, 2.05) is 36.4 Å². The predicted molar refractivity (Wildman–Crippen MR) is 211 cm³/mol. The van der Waals surface area contributed by atoms with Gasteiger partial charge in [0.25, 0.3) is 0 Å². The molecule has 2 N–H and O–H groups in total. The Morgan fingerprint density at radius 1 is 0.946 bits per heavy atom. The average Bonchev–Trinajstić information content (AvgIpc) is 4.04. The molecular weight excluding hydrogens is 753 g/mol. The van der Waals surface area contributed by atoms with Crippen LogP contribution in [0.5, 0.6) is 11.8 Å². The maximum absolute atomic E-state index is 11.6. The SMILES string of the molecule is COc1nc(O[C@H]2CCc3c(-c4cccc(-c5nc6cc7c(c(C#N)c6o5)CCC7CN5CC[C@@H](C(=O)O)C5)c4Cl)cccc32)c(Cl)cc1CN1CC[C@@H](O)C1. The van der Waals surface area contributed by atoms with Gasteiger partial charge >= 0.3 is 5.97 Å². The second-order valence-corrected chi connectivity index (χ2v) is 16.2. The van der Waals surface area contributed by atoms with Crippen LogP contribution < -0.4 is 9.47 Å². The second kappa shape index (κ2) is 15.0. The molecule has 0 amide bonds. The van der Waals surface area contributed by atoms with Crippen molar-refractivity contribution in [2.45, 2.75) is 63.2 Å². The molecule has 0 saturated carbocycles. The van der Waals surface area contributed by atoms with Gasteiger partial charge in [-0.2, -0.15) is 10.2 Å². The molecule has 2 aliphatic carbocycles. The topological polar surface area (TPSA) is 145 Å². The Labute approximate surface area is 334 Å². The fourth-order valence-corrected chi connectivity index (χ4v) is 9.79. The number of likely N-dealkylation sites (tertiary alicyclic amines) is 2. The number of carbonyl (C=O) groups is 1. The molecule has 4 aliphatic rings. The van der Waals surface area contributed by atoms with Crippen molar-refractivity contribution >= 4 is 40.3 Å². The molecule has 2 fully saturated rings. The van der Waals surface area contributed by atoms with E-state index in [0.29, 0.717) is 76.0 Å². The standard InChI is InChI=1S/C43H41Cl2N5O6/c1-54-40-25(21-50-15-13-26(51)22-50)16-35(44)42(48-40)55-37-11-10-28-27(4-2-5-30(28)37)31-6-3-7-32(38(31)45)41-47-36-17-33-23(19-49-14-12-24(20-49)43(52)53)8-9-29(33)34(18-46)39(36)56-41/h2-7,16-17,23-24,26,37,51H,8-15,19-22H2,1H3,(H,52,53)/t23?,24-,26-,37+/m1/s1. The Morgan fingerprint density at radius 2 is 1.73 bits per heavy atom. The number of aliphatic hydroxyl groups is 1. The van der Waals surface area contributed by atoms with E-state index in [1.54, 1.807) is 7.11 Å². The highest BCUT2D eigenvalue weighted by Gasteiger charge is 2.35. The number of methoxy groups -OCH3 is 1. The number of ether oxygens (including phenoxy) is 2. The Morgan fingerprint density at radius 3 is 2.50 bits per heavy atom. The first-order chi connectivity index (χ1) is 27.2. The molecule has 2 aliphatic heterocycles. The number of β-amino-alcohol motifs (C(OH)–C–C–N with tert-alkyl or cyclic N) is 1. The summed E-state index contributed by atoms with van der Waals surface area (Å²) in [5.74, 6) is 0.233. The van der Waals surface area contributed by atoms with Crippen LogP contribution in [-0.4, -0.2) is 81.9 Å². The van der Waals surface area contributed by atoms with Gasteiger partial charge in [0.1, 0.15) is 28.3 Å². The zero-order chi connectivity index (χ0) is 38.7. The summed E-state index contributed by atoms with van der Waals surface area (Å²) in [6.07, 6.45) is 3.94. The number of hydrogen-bond donors (Lipinski definition) is 2. The summed E-state index contributed by atoms with van der Waals surface area (Å²) < 4.78 is 18.5. The van der Waals surface area contributed by atoms with E-state index in [9.17, 15) is 20.3 Å². The summed E-state index contributed by atoms with van der Waals surface area (Å²) in [5, 5.41) is 30.7. The third kappa shape index (κ3) is 6.67. The van der Waals surface area contributed by atoms with Gasteiger partial charge < -0.3 is 29.0 Å². The number of nitrogens with zero attached hydrogens (tertiary/aromatic N) is 5. The number of nitriles is 1. The first-order valence-corrected chi connectivity index (χ1v) is 20.0. The van der Waals surface area contributed by atoms with Crippen LogP contribution >= 0.6 is 23.2 Å². The lowest BCUT2D eigenvalue weighted by Crippen LogP contribution is -2.27. The zero-order valence-corrected chi connectivity index (χ0v) is 32.4. The molecule has 56 heavy (non-hydrogen) atoms. The highest BCUT2D eigenvalue weighted by Crippen LogP contribution is 2.46. The molecule has 11 nitrogen and oxygen atoms in total. The van der Waals surface area contributed by atoms with Gasteiger partial charge in [-0.15, -0.1) is 0 Å². The molecule has 0 radical (unpaired) electrons. The number of pyridine rings is 1. The van der Waals surface area contributed by atoms with Crippen LogP contribution in [0.25, 0.3) is 33.7 Å². The van der Waals surface area contributed by atoms with E-state index in [2.05, 4.69) is 33.0 Å². The number of rotatable bonds is 10. The van der Waals surface area contributed by atoms with E-state index in [0.717, 1.165) is 90.7 Å². The van der Waals surface area contributed by atoms with E-state index >= 15 is 0 Å². The van der Waals surface area contributed by atoms with Crippen molar-refractivity contribution in [2.75, 3.05) is 39.8 Å². The largest absolute Gasteiger partial charge is 0.481 e. The minimum Gasteiger partial charge on any atom is -0.481 e. The first kappa shape index (κ1) is 36.9. The van der Waals surface area contributed by atoms with Crippen LogP contribution in [-0.2, 0) is 24.2 Å². The minimum absolute atomic E-state index is 0.193. The quantitative estimate of drug-likeness (QED) is 0.143. The van der Waals surface area contributed by atoms with Crippen molar-refractivity contribution in [1.82, 2.24) is 19.8 Å². The molecule has 13 heteroatoms. The number of aliphatic hydroxyl groups excluding tert-OH is 1.